The molecule has 0 saturated carbocycles. The van der Waals surface area contributed by atoms with E-state index in [9.17, 15) is 4.79 Å². The van der Waals surface area contributed by atoms with E-state index in [0.717, 1.165) is 16.7 Å². The average Bonchev–Trinajstić information content (AvgIpc) is 2.94. The van der Waals surface area contributed by atoms with E-state index in [-0.39, 0.29) is 0 Å². The molecule has 3 rings (SSSR count). The summed E-state index contributed by atoms with van der Waals surface area (Å²) in [6, 6.07) is 19.7. The Labute approximate surface area is 141 Å². The minimum Gasteiger partial charge on any atom is -0.403 e. The quantitative estimate of drug-likeness (QED) is 0.609. The highest BCUT2D eigenvalue weighted by Gasteiger charge is 2.20. The molecule has 0 radical (unpaired) electrons. The molecule has 0 amide bonds. The van der Waals surface area contributed by atoms with E-state index < -0.39 is 5.97 Å². The molecule has 1 aliphatic rings. The normalized spacial score (nSPS) is 16.5. The van der Waals surface area contributed by atoms with E-state index >= 15 is 0 Å². The van der Waals surface area contributed by atoms with Gasteiger partial charge in [-0.15, -0.1) is 0 Å². The van der Waals surface area contributed by atoms with Crippen LogP contribution in [0.1, 0.15) is 18.1 Å². The molecule has 3 nitrogen and oxygen atoms in total. The van der Waals surface area contributed by atoms with Crippen molar-refractivity contribution in [1.29, 1.82) is 0 Å². The molecule has 24 heavy (non-hydrogen) atoms. The Bertz CT molecular complexity index is 844. The second-order valence-corrected chi connectivity index (χ2v) is 5.41. The Hall–Kier alpha value is -3.20. The first-order valence-corrected chi connectivity index (χ1v) is 7.70. The SMILES string of the molecule is CC(=C\c1ccccc1)/C=C1N=C(/C=C/c2ccccc2)OC/1=O. The number of allylic oxidation sites excluding steroid dienone is 2. The molecule has 0 N–H and O–H groups in total. The summed E-state index contributed by atoms with van der Waals surface area (Å²) in [6.07, 6.45) is 7.29. The van der Waals surface area contributed by atoms with Gasteiger partial charge in [-0.2, -0.15) is 0 Å². The molecule has 0 unspecified atom stereocenters. The van der Waals surface area contributed by atoms with Crippen molar-refractivity contribution in [2.75, 3.05) is 0 Å². The van der Waals surface area contributed by atoms with Gasteiger partial charge in [-0.25, -0.2) is 9.79 Å². The van der Waals surface area contributed by atoms with Crippen LogP contribution in [-0.4, -0.2) is 11.9 Å². The number of carbonyl (C=O) groups is 1. The first-order valence-electron chi connectivity index (χ1n) is 7.70. The van der Waals surface area contributed by atoms with Crippen LogP contribution >= 0.6 is 0 Å². The van der Waals surface area contributed by atoms with Crippen molar-refractivity contribution in [1.82, 2.24) is 0 Å². The lowest BCUT2D eigenvalue weighted by Gasteiger charge is -1.95. The number of cyclic esters (lactones) is 1. The van der Waals surface area contributed by atoms with Gasteiger partial charge in [0.25, 0.3) is 0 Å². The van der Waals surface area contributed by atoms with Gasteiger partial charge in [-0.3, -0.25) is 0 Å². The molecule has 0 aliphatic carbocycles. The Morgan fingerprint density at radius 2 is 1.54 bits per heavy atom. The predicted octanol–water partition coefficient (Wildman–Crippen LogP) is 4.64. The third-order valence-electron chi connectivity index (χ3n) is 3.41. The molecule has 0 atom stereocenters. The summed E-state index contributed by atoms with van der Waals surface area (Å²) in [7, 11) is 0. The number of rotatable bonds is 4. The summed E-state index contributed by atoms with van der Waals surface area (Å²) in [5, 5.41) is 0. The lowest BCUT2D eigenvalue weighted by Crippen LogP contribution is -2.01. The van der Waals surface area contributed by atoms with E-state index in [4.69, 9.17) is 4.74 Å². The van der Waals surface area contributed by atoms with E-state index in [2.05, 4.69) is 4.99 Å². The maximum atomic E-state index is 11.9. The third kappa shape index (κ3) is 4.17. The van der Waals surface area contributed by atoms with Crippen LogP contribution in [0.4, 0.5) is 0 Å². The molecular weight excluding hydrogens is 298 g/mol. The smallest absolute Gasteiger partial charge is 0.363 e. The molecule has 0 fully saturated rings. The Kier molecular flexibility index (Phi) is 4.82. The van der Waals surface area contributed by atoms with Crippen LogP contribution in [0.15, 0.2) is 89.1 Å². The lowest BCUT2D eigenvalue weighted by atomic mass is 10.1. The maximum Gasteiger partial charge on any atom is 0.363 e. The molecule has 0 aromatic heterocycles. The van der Waals surface area contributed by atoms with Crippen molar-refractivity contribution in [3.8, 4) is 0 Å². The summed E-state index contributed by atoms with van der Waals surface area (Å²) < 4.78 is 5.18. The third-order valence-corrected chi connectivity index (χ3v) is 3.41. The van der Waals surface area contributed by atoms with Crippen LogP contribution in [0, 0.1) is 0 Å². The highest BCUT2D eigenvalue weighted by Crippen LogP contribution is 2.16. The Balaban J connectivity index is 1.76. The van der Waals surface area contributed by atoms with Crippen LogP contribution in [0.2, 0.25) is 0 Å². The van der Waals surface area contributed by atoms with Crippen LogP contribution in [0.5, 0.6) is 0 Å². The summed E-state index contributed by atoms with van der Waals surface area (Å²) in [4.78, 5) is 16.2. The van der Waals surface area contributed by atoms with Crippen LogP contribution < -0.4 is 0 Å². The number of hydrogen-bond donors (Lipinski definition) is 0. The molecule has 3 heteroatoms. The summed E-state index contributed by atoms with van der Waals surface area (Å²) in [5.41, 5.74) is 3.35. The highest BCUT2D eigenvalue weighted by atomic mass is 16.6. The van der Waals surface area contributed by atoms with Gasteiger partial charge in [-0.05, 0) is 35.8 Å². The van der Waals surface area contributed by atoms with Gasteiger partial charge in [0.15, 0.2) is 5.70 Å². The number of aliphatic imine (C=N–C) groups is 1. The number of benzene rings is 2. The molecule has 1 aliphatic heterocycles. The van der Waals surface area contributed by atoms with Gasteiger partial charge in [-0.1, -0.05) is 66.7 Å². The number of carbonyl (C=O) groups excluding carboxylic acids is 1. The fourth-order valence-electron chi connectivity index (χ4n) is 2.30. The standard InChI is InChI=1S/C21H17NO2/c1-16(14-18-10-6-3-7-11-18)15-19-21(23)24-20(22-19)13-12-17-8-4-2-5-9-17/h2-15H,1H3/b13-12+,16-14+,19-15+. The Morgan fingerprint density at radius 1 is 0.917 bits per heavy atom. The van der Waals surface area contributed by atoms with Gasteiger partial charge in [0.1, 0.15) is 0 Å². The van der Waals surface area contributed by atoms with E-state index in [1.807, 2.05) is 79.7 Å². The van der Waals surface area contributed by atoms with Gasteiger partial charge in [0.05, 0.1) is 0 Å². The van der Waals surface area contributed by atoms with Crippen LogP contribution in [0.3, 0.4) is 0 Å². The zero-order chi connectivity index (χ0) is 16.8. The van der Waals surface area contributed by atoms with E-state index in [0.29, 0.717) is 11.6 Å². The van der Waals surface area contributed by atoms with Gasteiger partial charge in [0.2, 0.25) is 5.90 Å². The summed E-state index contributed by atoms with van der Waals surface area (Å²) in [5.74, 6) is -0.119. The van der Waals surface area contributed by atoms with Crippen molar-refractivity contribution < 1.29 is 9.53 Å². The predicted molar refractivity (Wildman–Crippen MR) is 97.2 cm³/mol. The van der Waals surface area contributed by atoms with Crippen LogP contribution in [-0.2, 0) is 9.53 Å². The average molecular weight is 315 g/mol. The largest absolute Gasteiger partial charge is 0.403 e. The maximum absolute atomic E-state index is 11.9. The first kappa shape index (κ1) is 15.7. The molecule has 0 bridgehead atoms. The van der Waals surface area contributed by atoms with Gasteiger partial charge < -0.3 is 4.74 Å². The lowest BCUT2D eigenvalue weighted by molar-refractivity contribution is -0.129. The van der Waals surface area contributed by atoms with Crippen molar-refractivity contribution in [3.05, 3.63) is 95.2 Å². The van der Waals surface area contributed by atoms with Crippen molar-refractivity contribution >= 4 is 24.0 Å². The van der Waals surface area contributed by atoms with Crippen molar-refractivity contribution in [2.24, 2.45) is 4.99 Å². The Morgan fingerprint density at radius 3 is 2.21 bits per heavy atom. The molecule has 2 aromatic carbocycles. The monoisotopic (exact) mass is 315 g/mol. The first-order chi connectivity index (χ1) is 11.7. The molecule has 1 heterocycles. The molecule has 2 aromatic rings. The fourth-order valence-corrected chi connectivity index (χ4v) is 2.30. The van der Waals surface area contributed by atoms with Crippen LogP contribution in [0.25, 0.3) is 12.2 Å². The zero-order valence-corrected chi connectivity index (χ0v) is 13.3. The van der Waals surface area contributed by atoms with E-state index in [1.165, 1.54) is 0 Å². The number of hydrogen-bond acceptors (Lipinski definition) is 3. The highest BCUT2D eigenvalue weighted by molar-refractivity contribution is 6.10. The minimum atomic E-state index is -0.427. The molecule has 118 valence electrons. The molecule has 0 spiro atoms. The van der Waals surface area contributed by atoms with Gasteiger partial charge in [0, 0.05) is 6.08 Å². The number of nitrogens with zero attached hydrogens (tertiary/aromatic N) is 1. The van der Waals surface area contributed by atoms with Crippen molar-refractivity contribution in [3.63, 3.8) is 0 Å². The van der Waals surface area contributed by atoms with Crippen molar-refractivity contribution in [2.45, 2.75) is 6.92 Å². The molecule has 0 saturated heterocycles. The summed E-state index contributed by atoms with van der Waals surface area (Å²) >= 11 is 0. The second kappa shape index (κ2) is 7.38. The van der Waals surface area contributed by atoms with E-state index in [1.54, 1.807) is 12.2 Å². The topological polar surface area (TPSA) is 38.7 Å². The zero-order valence-electron chi connectivity index (χ0n) is 13.3. The molecular formula is C21H17NO2. The minimum absolute atomic E-state index is 0.308. The summed E-state index contributed by atoms with van der Waals surface area (Å²) in [6.45, 7) is 1.93. The van der Waals surface area contributed by atoms with Gasteiger partial charge >= 0.3 is 5.97 Å². The number of esters is 1. The number of ether oxygens (including phenoxy) is 1. The fraction of sp³-hybridized carbons (Fsp3) is 0.0476. The second-order valence-electron chi connectivity index (χ2n) is 5.41.